The van der Waals surface area contributed by atoms with Crippen LogP contribution in [0.4, 0.5) is 0 Å². The second-order valence-electron chi connectivity index (χ2n) is 4.97. The average molecular weight is 302 g/mol. The molecule has 6 heteroatoms. The fourth-order valence-corrected chi connectivity index (χ4v) is 5.33. The summed E-state index contributed by atoms with van der Waals surface area (Å²) in [6, 6.07) is 3.88. The van der Waals surface area contributed by atoms with Gasteiger partial charge in [0.1, 0.15) is 4.21 Å². The lowest BCUT2D eigenvalue weighted by molar-refractivity contribution is 0.320. The molecule has 1 fully saturated rings. The molecule has 0 aliphatic carbocycles. The first kappa shape index (κ1) is 15.0. The highest BCUT2D eigenvalue weighted by Gasteiger charge is 2.27. The molecule has 0 spiro atoms. The van der Waals surface area contributed by atoms with Gasteiger partial charge in [-0.15, -0.1) is 11.3 Å². The fourth-order valence-electron chi connectivity index (χ4n) is 2.40. The molecule has 0 aromatic carbocycles. The van der Waals surface area contributed by atoms with Gasteiger partial charge in [0.2, 0.25) is 0 Å². The zero-order valence-electron chi connectivity index (χ0n) is 11.6. The van der Waals surface area contributed by atoms with Crippen LogP contribution in [-0.4, -0.2) is 38.4 Å². The van der Waals surface area contributed by atoms with Gasteiger partial charge in [-0.05, 0) is 38.4 Å². The number of hydrogen-bond acceptors (Lipinski definition) is 4. The summed E-state index contributed by atoms with van der Waals surface area (Å²) >= 11 is 1.35. The van der Waals surface area contributed by atoms with Gasteiger partial charge in [0.05, 0.1) is 0 Å². The molecule has 1 aromatic heterocycles. The van der Waals surface area contributed by atoms with Crippen LogP contribution < -0.4 is 5.32 Å². The van der Waals surface area contributed by atoms with Crippen molar-refractivity contribution in [3.63, 3.8) is 0 Å². The number of piperidine rings is 1. The monoisotopic (exact) mass is 302 g/mol. The molecule has 2 heterocycles. The number of aryl methyl sites for hydroxylation is 1. The Hall–Kier alpha value is -0.430. The third-order valence-electron chi connectivity index (χ3n) is 3.50. The Morgan fingerprint density at radius 1 is 1.42 bits per heavy atom. The van der Waals surface area contributed by atoms with Crippen molar-refractivity contribution >= 4 is 21.4 Å². The van der Waals surface area contributed by atoms with Gasteiger partial charge in [0, 0.05) is 24.0 Å². The minimum atomic E-state index is -3.32. The number of nitrogens with zero attached hydrogens (tertiary/aromatic N) is 1. The molecule has 0 radical (unpaired) electrons. The standard InChI is InChI=1S/C13H22N2O2S2/c1-3-15(10-12-6-4-5-9-14-12)19(16,17)13-8-7-11(2)18-13/h7-8,12,14H,3-6,9-10H2,1-2H3. The van der Waals surface area contributed by atoms with E-state index < -0.39 is 10.0 Å². The van der Waals surface area contributed by atoms with E-state index in [4.69, 9.17) is 0 Å². The first-order chi connectivity index (χ1) is 9.04. The summed E-state index contributed by atoms with van der Waals surface area (Å²) in [4.78, 5) is 1.03. The molecule has 0 amide bonds. The molecule has 1 aromatic rings. The van der Waals surface area contributed by atoms with Crippen LogP contribution in [0.5, 0.6) is 0 Å². The Morgan fingerprint density at radius 2 is 2.21 bits per heavy atom. The topological polar surface area (TPSA) is 49.4 Å². The summed E-state index contributed by atoms with van der Waals surface area (Å²) in [5.41, 5.74) is 0. The van der Waals surface area contributed by atoms with E-state index >= 15 is 0 Å². The first-order valence-corrected chi connectivity index (χ1v) is 9.09. The van der Waals surface area contributed by atoms with Crippen LogP contribution in [0.25, 0.3) is 0 Å². The van der Waals surface area contributed by atoms with E-state index in [0.29, 0.717) is 23.3 Å². The molecule has 1 atom stereocenters. The van der Waals surface area contributed by atoms with Crippen molar-refractivity contribution in [3.8, 4) is 0 Å². The predicted octanol–water partition coefficient (Wildman–Crippen LogP) is 2.21. The van der Waals surface area contributed by atoms with Crippen molar-refractivity contribution in [1.29, 1.82) is 0 Å². The molecular weight excluding hydrogens is 280 g/mol. The number of likely N-dealkylation sites (N-methyl/N-ethyl adjacent to an activating group) is 1. The molecular formula is C13H22N2O2S2. The average Bonchev–Trinajstić information content (AvgIpc) is 2.84. The Balaban J connectivity index is 2.11. The van der Waals surface area contributed by atoms with Crippen molar-refractivity contribution < 1.29 is 8.42 Å². The molecule has 1 N–H and O–H groups in total. The SMILES string of the molecule is CCN(CC1CCCCN1)S(=O)(=O)c1ccc(C)s1. The first-order valence-electron chi connectivity index (χ1n) is 6.84. The number of hydrogen-bond donors (Lipinski definition) is 1. The summed E-state index contributed by atoms with van der Waals surface area (Å²) in [5.74, 6) is 0. The predicted molar refractivity (Wildman–Crippen MR) is 79.1 cm³/mol. The third kappa shape index (κ3) is 3.56. The molecule has 19 heavy (non-hydrogen) atoms. The summed E-state index contributed by atoms with van der Waals surface area (Å²) < 4.78 is 27.2. The van der Waals surface area contributed by atoms with Gasteiger partial charge < -0.3 is 5.32 Å². The number of sulfonamides is 1. The van der Waals surface area contributed by atoms with Gasteiger partial charge in [-0.1, -0.05) is 13.3 Å². The van der Waals surface area contributed by atoms with Crippen LogP contribution in [0, 0.1) is 6.92 Å². The van der Waals surface area contributed by atoms with Gasteiger partial charge in [0.15, 0.2) is 0 Å². The van der Waals surface area contributed by atoms with E-state index in [-0.39, 0.29) is 0 Å². The van der Waals surface area contributed by atoms with Gasteiger partial charge in [-0.2, -0.15) is 4.31 Å². The van der Waals surface area contributed by atoms with E-state index in [9.17, 15) is 8.42 Å². The Kier molecular flexibility index (Phi) is 5.00. The highest BCUT2D eigenvalue weighted by atomic mass is 32.2. The van der Waals surface area contributed by atoms with Crippen molar-refractivity contribution in [2.75, 3.05) is 19.6 Å². The lowest BCUT2D eigenvalue weighted by Gasteiger charge is -2.29. The van der Waals surface area contributed by atoms with Crippen LogP contribution in [0.3, 0.4) is 0 Å². The third-order valence-corrected chi connectivity index (χ3v) is 6.91. The van der Waals surface area contributed by atoms with E-state index in [1.165, 1.54) is 24.2 Å². The highest BCUT2D eigenvalue weighted by Crippen LogP contribution is 2.24. The van der Waals surface area contributed by atoms with Gasteiger partial charge in [-0.3, -0.25) is 0 Å². The largest absolute Gasteiger partial charge is 0.313 e. The Morgan fingerprint density at radius 3 is 2.74 bits per heavy atom. The number of rotatable bonds is 5. The Bertz CT molecular complexity index is 504. The molecule has 0 bridgehead atoms. The fraction of sp³-hybridized carbons (Fsp3) is 0.692. The lowest BCUT2D eigenvalue weighted by atomic mass is 10.1. The second-order valence-corrected chi connectivity index (χ2v) is 8.42. The molecule has 108 valence electrons. The van der Waals surface area contributed by atoms with E-state index in [1.807, 2.05) is 19.9 Å². The molecule has 1 unspecified atom stereocenters. The minimum Gasteiger partial charge on any atom is -0.313 e. The minimum absolute atomic E-state index is 0.296. The van der Waals surface area contributed by atoms with Crippen molar-refractivity contribution in [2.24, 2.45) is 0 Å². The molecule has 4 nitrogen and oxygen atoms in total. The molecule has 1 aliphatic rings. The van der Waals surface area contributed by atoms with Gasteiger partial charge in [-0.25, -0.2) is 8.42 Å². The maximum Gasteiger partial charge on any atom is 0.252 e. The van der Waals surface area contributed by atoms with Crippen LogP contribution in [-0.2, 0) is 10.0 Å². The van der Waals surface area contributed by atoms with Crippen LogP contribution >= 0.6 is 11.3 Å². The zero-order chi connectivity index (χ0) is 13.9. The van der Waals surface area contributed by atoms with E-state index in [0.717, 1.165) is 17.8 Å². The molecule has 1 aliphatic heterocycles. The summed E-state index contributed by atoms with van der Waals surface area (Å²) in [6.07, 6.45) is 3.45. The summed E-state index contributed by atoms with van der Waals surface area (Å²) in [7, 11) is -3.32. The zero-order valence-corrected chi connectivity index (χ0v) is 13.2. The molecule has 1 saturated heterocycles. The normalized spacial score (nSPS) is 20.9. The quantitative estimate of drug-likeness (QED) is 0.907. The number of thiophene rings is 1. The maximum atomic E-state index is 12.6. The molecule has 2 rings (SSSR count). The van der Waals surface area contributed by atoms with Crippen LogP contribution in [0.15, 0.2) is 16.3 Å². The highest BCUT2D eigenvalue weighted by molar-refractivity contribution is 7.91. The lowest BCUT2D eigenvalue weighted by Crippen LogP contribution is -2.45. The summed E-state index contributed by atoms with van der Waals surface area (Å²) in [6.45, 7) is 5.94. The maximum absolute atomic E-state index is 12.6. The van der Waals surface area contributed by atoms with E-state index in [2.05, 4.69) is 5.32 Å². The van der Waals surface area contributed by atoms with Crippen molar-refractivity contribution in [3.05, 3.63) is 17.0 Å². The second kappa shape index (κ2) is 6.35. The summed E-state index contributed by atoms with van der Waals surface area (Å²) in [5, 5.41) is 3.41. The van der Waals surface area contributed by atoms with Gasteiger partial charge in [0.25, 0.3) is 10.0 Å². The smallest absolute Gasteiger partial charge is 0.252 e. The number of nitrogens with one attached hydrogen (secondary N) is 1. The van der Waals surface area contributed by atoms with Crippen LogP contribution in [0.2, 0.25) is 0 Å². The van der Waals surface area contributed by atoms with E-state index in [1.54, 1.807) is 10.4 Å². The van der Waals surface area contributed by atoms with Crippen LogP contribution in [0.1, 0.15) is 31.1 Å². The Labute approximate surface area is 119 Å². The molecule has 0 saturated carbocycles. The van der Waals surface area contributed by atoms with Gasteiger partial charge >= 0.3 is 0 Å². The van der Waals surface area contributed by atoms with Crippen molar-refractivity contribution in [1.82, 2.24) is 9.62 Å². The van der Waals surface area contributed by atoms with Crippen molar-refractivity contribution in [2.45, 2.75) is 43.4 Å².